The quantitative estimate of drug-likeness (QED) is 0.329. The fourth-order valence-electron chi connectivity index (χ4n) is 4.08. The second-order valence-electron chi connectivity index (χ2n) is 7.87. The van der Waals surface area contributed by atoms with Crippen molar-refractivity contribution in [3.05, 3.63) is 89.2 Å². The van der Waals surface area contributed by atoms with Crippen LogP contribution >= 0.6 is 11.6 Å². The van der Waals surface area contributed by atoms with Gasteiger partial charge < -0.3 is 15.0 Å². The van der Waals surface area contributed by atoms with Crippen LogP contribution in [-0.4, -0.2) is 46.8 Å². The van der Waals surface area contributed by atoms with Gasteiger partial charge in [-0.15, -0.1) is 0 Å². The third-order valence-electron chi connectivity index (χ3n) is 5.97. The lowest BCUT2D eigenvalue weighted by molar-refractivity contribution is 0.0709. The molecule has 0 radical (unpaired) electrons. The lowest BCUT2D eigenvalue weighted by Crippen LogP contribution is -2.40. The molecule has 4 rings (SSSR count). The number of likely N-dealkylation sites (tertiary alicyclic amines) is 1. The van der Waals surface area contributed by atoms with E-state index in [4.69, 9.17) is 11.6 Å². The summed E-state index contributed by atoms with van der Waals surface area (Å²) in [5.41, 5.74) is 4.21. The Bertz CT molecular complexity index is 1080. The monoisotopic (exact) mass is 448 g/mol. The molecule has 0 bridgehead atoms. The maximum absolute atomic E-state index is 13.0. The number of nitrogens with zero attached hydrogens (tertiary/aromatic N) is 4. The lowest BCUT2D eigenvalue weighted by atomic mass is 9.88. The molecule has 2 heterocycles. The third-order valence-corrected chi connectivity index (χ3v) is 6.22. The molecule has 1 fully saturated rings. The number of rotatable bonds is 5. The summed E-state index contributed by atoms with van der Waals surface area (Å²) in [6.45, 7) is 1.24. The molecule has 0 unspecified atom stereocenters. The largest absolute Gasteiger partial charge is 0.411 e. The van der Waals surface area contributed by atoms with Crippen LogP contribution < -0.4 is 4.90 Å². The lowest BCUT2D eigenvalue weighted by Gasteiger charge is -2.32. The van der Waals surface area contributed by atoms with Crippen LogP contribution in [0.1, 0.15) is 28.8 Å². The highest BCUT2D eigenvalue weighted by molar-refractivity contribution is 6.30. The van der Waals surface area contributed by atoms with Gasteiger partial charge in [-0.25, -0.2) is 0 Å². The Morgan fingerprint density at radius 1 is 0.969 bits per heavy atom. The van der Waals surface area contributed by atoms with Gasteiger partial charge in [0.05, 0.1) is 5.71 Å². The van der Waals surface area contributed by atoms with Crippen LogP contribution in [0.25, 0.3) is 0 Å². The van der Waals surface area contributed by atoms with Crippen LogP contribution in [0.5, 0.6) is 0 Å². The van der Waals surface area contributed by atoms with Crippen LogP contribution in [0.4, 0.5) is 11.4 Å². The van der Waals surface area contributed by atoms with Gasteiger partial charge in [-0.2, -0.15) is 0 Å². The zero-order valence-electron chi connectivity index (χ0n) is 17.9. The van der Waals surface area contributed by atoms with Gasteiger partial charge in [-0.1, -0.05) is 28.9 Å². The number of halogens is 1. The number of carbonyl (C=O) groups is 1. The van der Waals surface area contributed by atoms with E-state index in [0.717, 1.165) is 29.8 Å². The van der Waals surface area contributed by atoms with Crippen molar-refractivity contribution < 1.29 is 10.0 Å². The molecule has 3 aromatic rings. The number of hydrogen-bond acceptors (Lipinski definition) is 5. The smallest absolute Gasteiger partial charge is 0.253 e. The molecular formula is C25H25ClN4O2. The Kier molecular flexibility index (Phi) is 6.71. The fourth-order valence-corrected chi connectivity index (χ4v) is 4.20. The second-order valence-corrected chi connectivity index (χ2v) is 8.31. The number of pyridine rings is 1. The average molecular weight is 449 g/mol. The van der Waals surface area contributed by atoms with Gasteiger partial charge in [0.15, 0.2) is 0 Å². The number of oxime groups is 1. The van der Waals surface area contributed by atoms with Crippen molar-refractivity contribution in [2.24, 2.45) is 11.1 Å². The first-order valence-corrected chi connectivity index (χ1v) is 11.0. The van der Waals surface area contributed by atoms with E-state index in [1.807, 2.05) is 65.4 Å². The van der Waals surface area contributed by atoms with Crippen molar-refractivity contribution in [1.29, 1.82) is 0 Å². The molecule has 0 aliphatic carbocycles. The molecule has 32 heavy (non-hydrogen) atoms. The predicted octanol–water partition coefficient (Wildman–Crippen LogP) is 5.23. The molecule has 1 aromatic heterocycles. The first kappa shape index (κ1) is 21.8. The van der Waals surface area contributed by atoms with Gasteiger partial charge in [0, 0.05) is 60.4 Å². The predicted molar refractivity (Wildman–Crippen MR) is 127 cm³/mol. The SMILES string of the molecule is CN(c1ccncc1)c1ccc(C(=O)N2CCC(C(=NO)c3ccc(Cl)cc3)CC2)cc1. The summed E-state index contributed by atoms with van der Waals surface area (Å²) in [7, 11) is 1.98. The number of benzene rings is 2. The topological polar surface area (TPSA) is 69.0 Å². The first-order chi connectivity index (χ1) is 15.6. The molecule has 1 saturated heterocycles. The van der Waals surface area contributed by atoms with Gasteiger partial charge in [-0.05, 0) is 66.9 Å². The fraction of sp³-hybridized carbons (Fsp3) is 0.240. The standard InChI is InChI=1S/C25H25ClN4O2/c1-29(23-10-14-27-15-11-23)22-8-4-20(5-9-22)25(31)30-16-12-19(13-17-30)24(28-32)18-2-6-21(26)7-3-18/h2-11,14-15,19,32H,12-13,16-17H2,1H3. The Hall–Kier alpha value is -3.38. The van der Waals surface area contributed by atoms with E-state index in [1.54, 1.807) is 24.5 Å². The first-order valence-electron chi connectivity index (χ1n) is 10.6. The van der Waals surface area contributed by atoms with Gasteiger partial charge in [0.25, 0.3) is 5.91 Å². The maximum Gasteiger partial charge on any atom is 0.253 e. The molecule has 0 spiro atoms. The van der Waals surface area contributed by atoms with Crippen molar-refractivity contribution in [3.63, 3.8) is 0 Å². The minimum Gasteiger partial charge on any atom is -0.411 e. The summed E-state index contributed by atoms with van der Waals surface area (Å²) in [5.74, 6) is 0.122. The van der Waals surface area contributed by atoms with Crippen LogP contribution in [0, 0.1) is 5.92 Å². The highest BCUT2D eigenvalue weighted by atomic mass is 35.5. The minimum absolute atomic E-state index is 0.0237. The van der Waals surface area contributed by atoms with E-state index in [1.165, 1.54) is 0 Å². The molecule has 1 amide bonds. The number of carbonyl (C=O) groups excluding carboxylic acids is 1. The van der Waals surface area contributed by atoms with Crippen molar-refractivity contribution in [2.75, 3.05) is 25.0 Å². The van der Waals surface area contributed by atoms with Crippen molar-refractivity contribution in [1.82, 2.24) is 9.88 Å². The number of piperidine rings is 1. The summed E-state index contributed by atoms with van der Waals surface area (Å²) in [6.07, 6.45) is 5.01. The van der Waals surface area contributed by atoms with E-state index in [-0.39, 0.29) is 11.8 Å². The van der Waals surface area contributed by atoms with E-state index >= 15 is 0 Å². The van der Waals surface area contributed by atoms with E-state index < -0.39 is 0 Å². The minimum atomic E-state index is 0.0237. The Morgan fingerprint density at radius 3 is 2.12 bits per heavy atom. The third kappa shape index (κ3) is 4.75. The van der Waals surface area contributed by atoms with E-state index in [2.05, 4.69) is 10.1 Å². The molecule has 1 N–H and O–H groups in total. The van der Waals surface area contributed by atoms with Gasteiger partial charge >= 0.3 is 0 Å². The zero-order valence-corrected chi connectivity index (χ0v) is 18.6. The second kappa shape index (κ2) is 9.83. The number of hydrogen-bond donors (Lipinski definition) is 1. The van der Waals surface area contributed by atoms with Crippen molar-refractivity contribution in [2.45, 2.75) is 12.8 Å². The Labute approximate surface area is 192 Å². The summed E-state index contributed by atoms with van der Waals surface area (Å²) >= 11 is 5.96. The van der Waals surface area contributed by atoms with Crippen LogP contribution in [0.15, 0.2) is 78.2 Å². The molecule has 7 heteroatoms. The highest BCUT2D eigenvalue weighted by Gasteiger charge is 2.27. The highest BCUT2D eigenvalue weighted by Crippen LogP contribution is 2.26. The van der Waals surface area contributed by atoms with Gasteiger partial charge in [0.2, 0.25) is 0 Å². The average Bonchev–Trinajstić information content (AvgIpc) is 2.86. The molecule has 2 aromatic carbocycles. The van der Waals surface area contributed by atoms with Crippen LogP contribution in [0.3, 0.4) is 0 Å². The molecular weight excluding hydrogens is 424 g/mol. The number of amides is 1. The maximum atomic E-state index is 13.0. The summed E-state index contributed by atoms with van der Waals surface area (Å²) in [6, 6.07) is 18.8. The Balaban J connectivity index is 1.38. The van der Waals surface area contributed by atoms with Crippen LogP contribution in [-0.2, 0) is 0 Å². The summed E-state index contributed by atoms with van der Waals surface area (Å²) in [5, 5.41) is 13.8. The van der Waals surface area contributed by atoms with E-state index in [9.17, 15) is 10.0 Å². The van der Waals surface area contributed by atoms with Crippen molar-refractivity contribution in [3.8, 4) is 0 Å². The van der Waals surface area contributed by atoms with Gasteiger partial charge in [0.1, 0.15) is 0 Å². The van der Waals surface area contributed by atoms with E-state index in [0.29, 0.717) is 29.4 Å². The zero-order chi connectivity index (χ0) is 22.5. The molecule has 1 aliphatic rings. The molecule has 6 nitrogen and oxygen atoms in total. The molecule has 1 aliphatic heterocycles. The normalized spacial score (nSPS) is 14.9. The van der Waals surface area contributed by atoms with Crippen LogP contribution in [0.2, 0.25) is 5.02 Å². The Morgan fingerprint density at radius 2 is 1.53 bits per heavy atom. The molecule has 0 atom stereocenters. The number of anilines is 2. The summed E-state index contributed by atoms with van der Waals surface area (Å²) < 4.78 is 0. The number of aromatic nitrogens is 1. The molecule has 0 saturated carbocycles. The van der Waals surface area contributed by atoms with Crippen molar-refractivity contribution >= 4 is 34.6 Å². The summed E-state index contributed by atoms with van der Waals surface area (Å²) in [4.78, 5) is 21.0. The van der Waals surface area contributed by atoms with Gasteiger partial charge in [-0.3, -0.25) is 9.78 Å². The molecule has 164 valence electrons.